The minimum atomic E-state index is 0.127. The van der Waals surface area contributed by atoms with Crippen molar-refractivity contribution in [1.82, 2.24) is 15.2 Å². The summed E-state index contributed by atoms with van der Waals surface area (Å²) in [4.78, 5) is 18.1. The Kier molecular flexibility index (Phi) is 5.78. The molecular formula is C14H23N3O. The normalized spacial score (nSPS) is 11.0. The molecule has 0 saturated carbocycles. The van der Waals surface area contributed by atoms with Crippen molar-refractivity contribution in [2.75, 3.05) is 6.54 Å². The summed E-state index contributed by atoms with van der Waals surface area (Å²) in [6.07, 6.45) is 3.55. The molecule has 18 heavy (non-hydrogen) atoms. The van der Waals surface area contributed by atoms with Gasteiger partial charge in [-0.2, -0.15) is 0 Å². The molecule has 0 saturated heterocycles. The number of hydrogen-bond donors (Lipinski definition) is 1. The van der Waals surface area contributed by atoms with Gasteiger partial charge in [0.2, 0.25) is 5.91 Å². The van der Waals surface area contributed by atoms with E-state index >= 15 is 0 Å². The number of aromatic nitrogens is 1. The molecule has 0 aromatic carbocycles. The Bertz CT molecular complexity index is 363. The summed E-state index contributed by atoms with van der Waals surface area (Å²) in [5.41, 5.74) is 1.06. The summed E-state index contributed by atoms with van der Waals surface area (Å²) in [6, 6.07) is 4.39. The Labute approximate surface area is 109 Å². The van der Waals surface area contributed by atoms with Crippen LogP contribution in [0.1, 0.15) is 33.3 Å². The molecule has 0 aliphatic rings. The second-order valence-electron chi connectivity index (χ2n) is 5.01. The van der Waals surface area contributed by atoms with E-state index in [2.05, 4.69) is 10.3 Å². The molecule has 1 rings (SSSR count). The van der Waals surface area contributed by atoms with Crippen molar-refractivity contribution < 1.29 is 4.79 Å². The highest BCUT2D eigenvalue weighted by Gasteiger charge is 2.17. The fourth-order valence-electron chi connectivity index (χ4n) is 1.64. The van der Waals surface area contributed by atoms with Crippen LogP contribution in [0.5, 0.6) is 0 Å². The molecule has 0 bridgehead atoms. The van der Waals surface area contributed by atoms with Crippen LogP contribution in [0.3, 0.4) is 0 Å². The standard InChI is InChI=1S/C14H23N3O/c1-11(2)16-9-14(18)17(12(3)4)10-13-6-5-7-15-8-13/h5-8,11-12,16H,9-10H2,1-4H3. The average Bonchev–Trinajstić information content (AvgIpc) is 2.34. The van der Waals surface area contributed by atoms with E-state index in [9.17, 15) is 4.79 Å². The predicted octanol–water partition coefficient (Wildman–Crippen LogP) is 1.82. The molecule has 0 aliphatic heterocycles. The van der Waals surface area contributed by atoms with E-state index in [4.69, 9.17) is 0 Å². The quantitative estimate of drug-likeness (QED) is 0.836. The lowest BCUT2D eigenvalue weighted by Gasteiger charge is -2.27. The van der Waals surface area contributed by atoms with Crippen LogP contribution < -0.4 is 5.32 Å². The predicted molar refractivity (Wildman–Crippen MR) is 73.1 cm³/mol. The van der Waals surface area contributed by atoms with Crippen molar-refractivity contribution in [3.63, 3.8) is 0 Å². The van der Waals surface area contributed by atoms with Gasteiger partial charge in [-0.3, -0.25) is 9.78 Å². The minimum absolute atomic E-state index is 0.127. The molecular weight excluding hydrogens is 226 g/mol. The fraction of sp³-hybridized carbons (Fsp3) is 0.571. The number of hydrogen-bond acceptors (Lipinski definition) is 3. The first-order valence-electron chi connectivity index (χ1n) is 6.42. The summed E-state index contributed by atoms with van der Waals surface area (Å²) in [5.74, 6) is 0.127. The van der Waals surface area contributed by atoms with Crippen LogP contribution in [0.2, 0.25) is 0 Å². The van der Waals surface area contributed by atoms with Crippen molar-refractivity contribution in [1.29, 1.82) is 0 Å². The van der Waals surface area contributed by atoms with Crippen molar-refractivity contribution in [2.24, 2.45) is 0 Å². The van der Waals surface area contributed by atoms with Crippen LogP contribution in [-0.2, 0) is 11.3 Å². The largest absolute Gasteiger partial charge is 0.335 e. The second-order valence-corrected chi connectivity index (χ2v) is 5.01. The first-order chi connectivity index (χ1) is 8.50. The zero-order valence-corrected chi connectivity index (χ0v) is 11.7. The maximum absolute atomic E-state index is 12.1. The maximum atomic E-state index is 12.1. The Hall–Kier alpha value is -1.42. The number of nitrogens with one attached hydrogen (secondary N) is 1. The Balaban J connectivity index is 2.62. The van der Waals surface area contributed by atoms with Gasteiger partial charge in [0.05, 0.1) is 6.54 Å². The van der Waals surface area contributed by atoms with Gasteiger partial charge in [0.1, 0.15) is 0 Å². The summed E-state index contributed by atoms with van der Waals surface area (Å²) in [6.45, 7) is 9.13. The molecule has 1 amide bonds. The maximum Gasteiger partial charge on any atom is 0.237 e. The smallest absolute Gasteiger partial charge is 0.237 e. The number of amides is 1. The zero-order chi connectivity index (χ0) is 13.5. The van der Waals surface area contributed by atoms with Gasteiger partial charge < -0.3 is 10.2 Å². The SMILES string of the molecule is CC(C)NCC(=O)N(Cc1cccnc1)C(C)C. The summed E-state index contributed by atoms with van der Waals surface area (Å²) in [5, 5.41) is 3.16. The lowest BCUT2D eigenvalue weighted by atomic mass is 10.2. The first-order valence-corrected chi connectivity index (χ1v) is 6.42. The van der Waals surface area contributed by atoms with Gasteiger partial charge in [-0.25, -0.2) is 0 Å². The van der Waals surface area contributed by atoms with Crippen molar-refractivity contribution in [2.45, 2.75) is 46.3 Å². The van der Waals surface area contributed by atoms with Gasteiger partial charge in [-0.05, 0) is 25.5 Å². The van der Waals surface area contributed by atoms with Gasteiger partial charge >= 0.3 is 0 Å². The Morgan fingerprint density at radius 2 is 2.11 bits per heavy atom. The average molecular weight is 249 g/mol. The highest BCUT2D eigenvalue weighted by Crippen LogP contribution is 2.07. The summed E-state index contributed by atoms with van der Waals surface area (Å²) < 4.78 is 0. The van der Waals surface area contributed by atoms with E-state index < -0.39 is 0 Å². The van der Waals surface area contributed by atoms with Crippen LogP contribution >= 0.6 is 0 Å². The van der Waals surface area contributed by atoms with Crippen molar-refractivity contribution in [3.05, 3.63) is 30.1 Å². The monoisotopic (exact) mass is 249 g/mol. The highest BCUT2D eigenvalue weighted by atomic mass is 16.2. The molecule has 4 nitrogen and oxygen atoms in total. The number of nitrogens with zero attached hydrogens (tertiary/aromatic N) is 2. The molecule has 1 heterocycles. The molecule has 4 heteroatoms. The molecule has 1 N–H and O–H groups in total. The van der Waals surface area contributed by atoms with Gasteiger partial charge in [0, 0.05) is 31.0 Å². The van der Waals surface area contributed by atoms with E-state index in [1.54, 1.807) is 12.4 Å². The van der Waals surface area contributed by atoms with E-state index in [-0.39, 0.29) is 11.9 Å². The number of carbonyl (C=O) groups excluding carboxylic acids is 1. The van der Waals surface area contributed by atoms with Gasteiger partial charge in [-0.1, -0.05) is 19.9 Å². The first kappa shape index (κ1) is 14.6. The van der Waals surface area contributed by atoms with Crippen LogP contribution in [-0.4, -0.2) is 34.4 Å². The van der Waals surface area contributed by atoms with Crippen LogP contribution in [0.4, 0.5) is 0 Å². The van der Waals surface area contributed by atoms with Crippen LogP contribution in [0.25, 0.3) is 0 Å². The summed E-state index contributed by atoms with van der Waals surface area (Å²) in [7, 11) is 0. The molecule has 1 aromatic rings. The fourth-order valence-corrected chi connectivity index (χ4v) is 1.64. The Morgan fingerprint density at radius 3 is 2.61 bits per heavy atom. The minimum Gasteiger partial charge on any atom is -0.335 e. The van der Waals surface area contributed by atoms with Gasteiger partial charge in [-0.15, -0.1) is 0 Å². The molecule has 0 aliphatic carbocycles. The van der Waals surface area contributed by atoms with E-state index in [0.717, 1.165) is 5.56 Å². The molecule has 0 fully saturated rings. The van der Waals surface area contributed by atoms with Crippen molar-refractivity contribution in [3.8, 4) is 0 Å². The number of carbonyl (C=O) groups is 1. The van der Waals surface area contributed by atoms with Gasteiger partial charge in [0.15, 0.2) is 0 Å². The third-order valence-electron chi connectivity index (χ3n) is 2.68. The molecule has 0 unspecified atom stereocenters. The Morgan fingerprint density at radius 1 is 1.39 bits per heavy atom. The van der Waals surface area contributed by atoms with Crippen LogP contribution in [0.15, 0.2) is 24.5 Å². The lowest BCUT2D eigenvalue weighted by molar-refractivity contribution is -0.132. The van der Waals surface area contributed by atoms with E-state index in [1.165, 1.54) is 0 Å². The molecule has 100 valence electrons. The molecule has 0 atom stereocenters. The molecule has 1 aromatic heterocycles. The zero-order valence-electron chi connectivity index (χ0n) is 11.7. The van der Waals surface area contributed by atoms with Gasteiger partial charge in [0.25, 0.3) is 0 Å². The third kappa shape index (κ3) is 4.84. The number of pyridine rings is 1. The third-order valence-corrected chi connectivity index (χ3v) is 2.68. The highest BCUT2D eigenvalue weighted by molar-refractivity contribution is 5.78. The van der Waals surface area contributed by atoms with E-state index in [1.807, 2.05) is 44.7 Å². The van der Waals surface area contributed by atoms with E-state index in [0.29, 0.717) is 19.1 Å². The summed E-state index contributed by atoms with van der Waals surface area (Å²) >= 11 is 0. The van der Waals surface area contributed by atoms with Crippen LogP contribution in [0, 0.1) is 0 Å². The molecule has 0 spiro atoms. The van der Waals surface area contributed by atoms with Crippen molar-refractivity contribution >= 4 is 5.91 Å². The number of rotatable bonds is 6. The molecule has 0 radical (unpaired) electrons. The second kappa shape index (κ2) is 7.11. The lowest BCUT2D eigenvalue weighted by Crippen LogP contribution is -2.43. The topological polar surface area (TPSA) is 45.2 Å².